The summed E-state index contributed by atoms with van der Waals surface area (Å²) >= 11 is 0. The predicted octanol–water partition coefficient (Wildman–Crippen LogP) is 2.60. The van der Waals surface area contributed by atoms with Gasteiger partial charge in [0.2, 0.25) is 0 Å². The molecule has 0 amide bonds. The zero-order valence-corrected chi connectivity index (χ0v) is 8.81. The van der Waals surface area contributed by atoms with E-state index in [-0.39, 0.29) is 0 Å². The first-order valence-electron chi connectivity index (χ1n) is 4.80. The van der Waals surface area contributed by atoms with Crippen molar-refractivity contribution in [3.05, 3.63) is 42.2 Å². The summed E-state index contributed by atoms with van der Waals surface area (Å²) in [6.07, 6.45) is 1.90. The van der Waals surface area contributed by atoms with Crippen molar-refractivity contribution in [1.82, 2.24) is 15.0 Å². The van der Waals surface area contributed by atoms with E-state index in [4.69, 9.17) is 0 Å². The van der Waals surface area contributed by atoms with E-state index in [1.807, 2.05) is 57.3 Å². The van der Waals surface area contributed by atoms with Crippen molar-refractivity contribution in [2.24, 2.45) is 0 Å². The molecule has 0 fully saturated rings. The van der Waals surface area contributed by atoms with E-state index < -0.39 is 0 Å². The van der Waals surface area contributed by atoms with Gasteiger partial charge in [-0.15, -0.1) is 5.10 Å². The summed E-state index contributed by atoms with van der Waals surface area (Å²) in [4.78, 5) is 0. The van der Waals surface area contributed by atoms with Crippen molar-refractivity contribution in [3.63, 3.8) is 0 Å². The first kappa shape index (κ1) is 10.4. The van der Waals surface area contributed by atoms with Crippen molar-refractivity contribution in [2.45, 2.75) is 20.8 Å². The average molecular weight is 189 g/mol. The Hall–Kier alpha value is -1.64. The second kappa shape index (κ2) is 5.17. The Balaban J connectivity index is 0.000000461. The van der Waals surface area contributed by atoms with Crippen molar-refractivity contribution in [2.75, 3.05) is 0 Å². The first-order chi connectivity index (χ1) is 6.86. The summed E-state index contributed by atoms with van der Waals surface area (Å²) in [6, 6.07) is 9.92. The van der Waals surface area contributed by atoms with E-state index in [1.54, 1.807) is 4.68 Å². The third kappa shape index (κ3) is 2.42. The molecule has 0 aliphatic rings. The lowest BCUT2D eigenvalue weighted by molar-refractivity contribution is 0.801. The van der Waals surface area contributed by atoms with E-state index in [1.165, 1.54) is 0 Å². The van der Waals surface area contributed by atoms with Crippen molar-refractivity contribution in [1.29, 1.82) is 0 Å². The average Bonchev–Trinajstić information content (AvgIpc) is 2.69. The third-order valence-electron chi connectivity index (χ3n) is 1.63. The molecule has 0 N–H and O–H groups in total. The third-order valence-corrected chi connectivity index (χ3v) is 1.63. The second-order valence-corrected chi connectivity index (χ2v) is 2.64. The minimum Gasteiger partial charge on any atom is -0.220 e. The van der Waals surface area contributed by atoms with Gasteiger partial charge in [0.25, 0.3) is 0 Å². The summed E-state index contributed by atoms with van der Waals surface area (Å²) in [5.74, 6) is 0. The number of nitrogens with zero attached hydrogens (tertiary/aromatic N) is 3. The number of rotatable bonds is 1. The monoisotopic (exact) mass is 189 g/mol. The highest BCUT2D eigenvalue weighted by atomic mass is 15.4. The smallest absolute Gasteiger partial charge is 0.0800 e. The molecule has 0 aliphatic carbocycles. The first-order valence-corrected chi connectivity index (χ1v) is 4.80. The molecule has 0 saturated heterocycles. The quantitative estimate of drug-likeness (QED) is 0.690. The molecule has 3 heteroatoms. The lowest BCUT2D eigenvalue weighted by Crippen LogP contribution is -1.93. The Kier molecular flexibility index (Phi) is 3.85. The van der Waals surface area contributed by atoms with Gasteiger partial charge in [-0.1, -0.05) is 37.3 Å². The number of aromatic nitrogens is 3. The lowest BCUT2D eigenvalue weighted by Gasteiger charge is -1.96. The summed E-state index contributed by atoms with van der Waals surface area (Å²) in [7, 11) is 0. The normalized spacial score (nSPS) is 9.07. The highest BCUT2D eigenvalue weighted by Crippen LogP contribution is 2.04. The van der Waals surface area contributed by atoms with Crippen LogP contribution in [-0.4, -0.2) is 15.0 Å². The Bertz CT molecular complexity index is 365. The van der Waals surface area contributed by atoms with E-state index in [0.717, 1.165) is 11.4 Å². The molecule has 0 unspecified atom stereocenters. The van der Waals surface area contributed by atoms with Crippen LogP contribution >= 0.6 is 0 Å². The molecule has 0 aliphatic heterocycles. The van der Waals surface area contributed by atoms with Crippen LogP contribution in [0.5, 0.6) is 0 Å². The highest BCUT2D eigenvalue weighted by molar-refractivity contribution is 5.29. The topological polar surface area (TPSA) is 30.7 Å². The molecule has 2 aromatic rings. The standard InChI is InChI=1S/C9H9N3.C2H6/c1-8-7-12(11-10-8)9-5-3-2-4-6-9;1-2/h2-7H,1H3;1-2H3. The number of hydrogen-bond donors (Lipinski definition) is 0. The number of aryl methyl sites for hydroxylation is 1. The molecule has 74 valence electrons. The highest BCUT2D eigenvalue weighted by Gasteiger charge is 1.96. The van der Waals surface area contributed by atoms with Crippen molar-refractivity contribution in [3.8, 4) is 5.69 Å². The van der Waals surface area contributed by atoms with E-state index in [9.17, 15) is 0 Å². The van der Waals surface area contributed by atoms with Crippen LogP contribution < -0.4 is 0 Å². The Morgan fingerprint density at radius 3 is 2.21 bits per heavy atom. The maximum atomic E-state index is 3.95. The van der Waals surface area contributed by atoms with Gasteiger partial charge >= 0.3 is 0 Å². The van der Waals surface area contributed by atoms with Gasteiger partial charge in [0, 0.05) is 0 Å². The fraction of sp³-hybridized carbons (Fsp3) is 0.273. The summed E-state index contributed by atoms with van der Waals surface area (Å²) in [5, 5.41) is 7.86. The molecular weight excluding hydrogens is 174 g/mol. The Labute approximate surface area is 84.4 Å². The van der Waals surface area contributed by atoms with Crippen LogP contribution in [0.15, 0.2) is 36.5 Å². The number of hydrogen-bond acceptors (Lipinski definition) is 2. The number of para-hydroxylation sites is 1. The lowest BCUT2D eigenvalue weighted by atomic mass is 10.3. The van der Waals surface area contributed by atoms with Crippen molar-refractivity contribution < 1.29 is 0 Å². The Morgan fingerprint density at radius 2 is 1.71 bits per heavy atom. The van der Waals surface area contributed by atoms with Gasteiger partial charge in [0.15, 0.2) is 0 Å². The molecule has 14 heavy (non-hydrogen) atoms. The van der Waals surface area contributed by atoms with Gasteiger partial charge in [-0.25, -0.2) is 4.68 Å². The van der Waals surface area contributed by atoms with Gasteiger partial charge in [-0.3, -0.25) is 0 Å². The van der Waals surface area contributed by atoms with Gasteiger partial charge in [0.1, 0.15) is 0 Å². The van der Waals surface area contributed by atoms with Crippen LogP contribution in [-0.2, 0) is 0 Å². The van der Waals surface area contributed by atoms with Crippen LogP contribution in [0.3, 0.4) is 0 Å². The zero-order chi connectivity index (χ0) is 10.4. The molecule has 0 spiro atoms. The molecule has 0 bridgehead atoms. The summed E-state index contributed by atoms with van der Waals surface area (Å²) in [5.41, 5.74) is 1.97. The molecule has 1 heterocycles. The number of benzene rings is 1. The van der Waals surface area contributed by atoms with Crippen molar-refractivity contribution >= 4 is 0 Å². The van der Waals surface area contributed by atoms with Gasteiger partial charge in [0.05, 0.1) is 17.6 Å². The molecule has 0 atom stereocenters. The maximum absolute atomic E-state index is 3.95. The Morgan fingerprint density at radius 1 is 1.07 bits per heavy atom. The zero-order valence-electron chi connectivity index (χ0n) is 8.81. The van der Waals surface area contributed by atoms with Gasteiger partial charge < -0.3 is 0 Å². The molecule has 1 aromatic carbocycles. The van der Waals surface area contributed by atoms with Crippen LogP contribution in [0, 0.1) is 6.92 Å². The molecular formula is C11H15N3. The molecule has 0 saturated carbocycles. The van der Waals surface area contributed by atoms with Gasteiger partial charge in [-0.2, -0.15) is 0 Å². The minimum atomic E-state index is 0.929. The molecule has 3 nitrogen and oxygen atoms in total. The maximum Gasteiger partial charge on any atom is 0.0800 e. The summed E-state index contributed by atoms with van der Waals surface area (Å²) < 4.78 is 1.76. The van der Waals surface area contributed by atoms with Crippen LogP contribution in [0.25, 0.3) is 5.69 Å². The fourth-order valence-corrected chi connectivity index (χ4v) is 1.05. The van der Waals surface area contributed by atoms with E-state index in [0.29, 0.717) is 0 Å². The SMILES string of the molecule is CC.Cc1cn(-c2ccccc2)nn1. The van der Waals surface area contributed by atoms with Crippen LogP contribution in [0.2, 0.25) is 0 Å². The largest absolute Gasteiger partial charge is 0.220 e. The minimum absolute atomic E-state index is 0.929. The van der Waals surface area contributed by atoms with E-state index >= 15 is 0 Å². The second-order valence-electron chi connectivity index (χ2n) is 2.64. The predicted molar refractivity (Wildman–Crippen MR) is 57.4 cm³/mol. The fourth-order valence-electron chi connectivity index (χ4n) is 1.05. The summed E-state index contributed by atoms with van der Waals surface area (Å²) in [6.45, 7) is 5.92. The van der Waals surface area contributed by atoms with E-state index in [2.05, 4.69) is 10.3 Å². The van der Waals surface area contributed by atoms with Gasteiger partial charge in [-0.05, 0) is 19.1 Å². The van der Waals surface area contributed by atoms with Crippen LogP contribution in [0.1, 0.15) is 19.5 Å². The molecule has 1 aromatic heterocycles. The van der Waals surface area contributed by atoms with Crippen LogP contribution in [0.4, 0.5) is 0 Å². The molecule has 0 radical (unpaired) electrons. The molecule has 2 rings (SSSR count).